The van der Waals surface area contributed by atoms with E-state index in [2.05, 4.69) is 200 Å². The summed E-state index contributed by atoms with van der Waals surface area (Å²) in [5, 5.41) is 49.1. The third kappa shape index (κ3) is 13.1. The largest absolute Gasteiger partial charge is 0.488 e. The van der Waals surface area contributed by atoms with Gasteiger partial charge in [0.1, 0.15) is 12.7 Å². The predicted molar refractivity (Wildman–Crippen MR) is 429 cm³/mol. The van der Waals surface area contributed by atoms with E-state index in [4.69, 9.17) is 55.6 Å². The molecular weight excluding hydrogens is 1420 g/mol. The number of allylic oxidation sites excluding steroid dienone is 2. The Bertz CT molecular complexity index is 3940. The van der Waals surface area contributed by atoms with E-state index in [0.29, 0.717) is 97.2 Å². The molecule has 18 nitrogen and oxygen atoms in total. The van der Waals surface area contributed by atoms with Gasteiger partial charge < -0.3 is 50.7 Å². The molecule has 0 radical (unpaired) electrons. The van der Waals surface area contributed by atoms with E-state index in [1.807, 2.05) is 16.8 Å². The van der Waals surface area contributed by atoms with Gasteiger partial charge in [-0.3, -0.25) is 9.59 Å². The summed E-state index contributed by atoms with van der Waals surface area (Å²) in [7, 11) is -1.34. The SMILES string of the molecule is CC(C)[C@@H](C)[C@@]1(C)CC[C@]2(C)[C@H]3CC[C@@H]4[C@@]5(COC[C@@]4(C)[C@@H](OC[C@](C)(N)C(C)C)[C@H](n4ncnc4-c4ccccc4)C5)C3=CC[C@@]2(C)[C@@H]1C(=O)O.CC(C)[C@@H](C)[C@@]1(C)CC[C@]2(C)[C@H]3CC[C@@H]4[C@@]5(COC[C@@]4(C)[C@@H](OC[C@](C)(N)C(C)C)[C@H](n4ncnc4Br)C5)C3=CC[C@@]2(C)[C@@H]1C(=O)O.OB(O)c1ccccc1. The number of nitrogens with zero attached hydrogens (tertiary/aromatic N) is 6. The lowest BCUT2D eigenvalue weighted by Crippen LogP contribution is -2.69. The molecule has 8 aliphatic carbocycles. The van der Waals surface area contributed by atoms with Crippen LogP contribution in [0.25, 0.3) is 11.4 Å². The summed E-state index contributed by atoms with van der Waals surface area (Å²) in [4.78, 5) is 36.3. The molecule has 4 heterocycles. The lowest BCUT2D eigenvalue weighted by atomic mass is 9.34. The number of benzene rings is 2. The van der Waals surface area contributed by atoms with Gasteiger partial charge in [0.15, 0.2) is 10.6 Å². The number of halogens is 1. The molecule has 4 aromatic rings. The first kappa shape index (κ1) is 82.8. The zero-order valence-corrected chi connectivity index (χ0v) is 70.7. The van der Waals surface area contributed by atoms with Gasteiger partial charge in [0, 0.05) is 38.3 Å². The number of hydrogen-bond donors (Lipinski definition) is 6. The molecule has 24 atom stereocenters. The number of carboxylic acid groups (broad SMARTS) is 2. The molecule has 596 valence electrons. The molecule has 10 aliphatic rings. The maximum absolute atomic E-state index is 13.6. The second kappa shape index (κ2) is 29.6. The number of nitrogens with two attached hydrogens (primary N) is 2. The van der Waals surface area contributed by atoms with Crippen LogP contribution in [0.5, 0.6) is 0 Å². The fourth-order valence-corrected chi connectivity index (χ4v) is 25.9. The van der Waals surface area contributed by atoms with Crippen LogP contribution in [0.1, 0.15) is 228 Å². The van der Waals surface area contributed by atoms with Crippen LogP contribution in [0, 0.1) is 125 Å². The quantitative estimate of drug-likeness (QED) is 0.0399. The van der Waals surface area contributed by atoms with Crippen molar-refractivity contribution in [1.29, 1.82) is 0 Å². The summed E-state index contributed by atoms with van der Waals surface area (Å²) in [5.74, 6) is 2.17. The van der Waals surface area contributed by atoms with Crippen LogP contribution in [-0.2, 0) is 28.5 Å². The van der Waals surface area contributed by atoms with E-state index < -0.39 is 42.0 Å². The zero-order valence-electron chi connectivity index (χ0n) is 69.1. The molecule has 4 bridgehead atoms. The topological polar surface area (TPSA) is 265 Å². The van der Waals surface area contributed by atoms with E-state index in [1.165, 1.54) is 11.1 Å². The number of rotatable bonds is 18. The molecule has 108 heavy (non-hydrogen) atoms. The van der Waals surface area contributed by atoms with Crippen LogP contribution in [0.4, 0.5) is 0 Å². The molecule has 2 aliphatic heterocycles. The van der Waals surface area contributed by atoms with Crippen molar-refractivity contribution in [2.45, 2.75) is 251 Å². The molecule has 8 fully saturated rings. The first-order valence-corrected chi connectivity index (χ1v) is 42.0. The van der Waals surface area contributed by atoms with E-state index in [-0.39, 0.29) is 90.3 Å². The monoisotopic (exact) mass is 1550 g/mol. The van der Waals surface area contributed by atoms with E-state index in [9.17, 15) is 19.8 Å². The van der Waals surface area contributed by atoms with Crippen molar-refractivity contribution in [3.8, 4) is 11.4 Å². The van der Waals surface area contributed by atoms with Crippen LogP contribution in [-0.4, -0.2) is 132 Å². The van der Waals surface area contributed by atoms with E-state index in [0.717, 1.165) is 88.4 Å². The van der Waals surface area contributed by atoms with Gasteiger partial charge in [-0.15, -0.1) is 0 Å². The fourth-order valence-electron chi connectivity index (χ4n) is 25.5. The van der Waals surface area contributed by atoms with Gasteiger partial charge in [-0.2, -0.15) is 10.2 Å². The van der Waals surface area contributed by atoms with Crippen molar-refractivity contribution in [3.63, 3.8) is 0 Å². The number of aromatic nitrogens is 6. The Balaban J connectivity index is 0.000000181. The highest BCUT2D eigenvalue weighted by atomic mass is 79.9. The maximum Gasteiger partial charge on any atom is 0.488 e. The Hall–Kier alpha value is -4.64. The van der Waals surface area contributed by atoms with Crippen LogP contribution in [0.3, 0.4) is 0 Å². The molecule has 14 rings (SSSR count). The summed E-state index contributed by atoms with van der Waals surface area (Å²) >= 11 is 3.72. The van der Waals surface area contributed by atoms with Crippen molar-refractivity contribution in [3.05, 3.63) is 101 Å². The second-order valence-corrected chi connectivity index (χ2v) is 40.9. The van der Waals surface area contributed by atoms with Gasteiger partial charge in [0.25, 0.3) is 0 Å². The van der Waals surface area contributed by atoms with E-state index >= 15 is 0 Å². The minimum Gasteiger partial charge on any atom is -0.481 e. The Morgan fingerprint density at radius 1 is 0.574 bits per heavy atom. The average molecular weight is 1550 g/mol. The highest BCUT2D eigenvalue weighted by Gasteiger charge is 2.75. The molecule has 2 saturated heterocycles. The Kier molecular flexibility index (Phi) is 22.7. The minimum atomic E-state index is -1.34. The molecule has 6 saturated carbocycles. The van der Waals surface area contributed by atoms with Crippen molar-refractivity contribution in [1.82, 2.24) is 29.5 Å². The Morgan fingerprint density at radius 3 is 1.34 bits per heavy atom. The summed E-state index contributed by atoms with van der Waals surface area (Å²) in [6.07, 6.45) is 19.6. The highest BCUT2D eigenvalue weighted by molar-refractivity contribution is 9.10. The van der Waals surface area contributed by atoms with Crippen molar-refractivity contribution in [2.24, 2.45) is 137 Å². The third-order valence-electron chi connectivity index (χ3n) is 33.8. The number of hydrogen-bond acceptors (Lipinski definition) is 14. The lowest BCUT2D eigenvalue weighted by Gasteiger charge is -2.71. The summed E-state index contributed by atoms with van der Waals surface area (Å²) in [6, 6.07) is 18.9. The number of fused-ring (bicyclic) bond motifs is 6. The number of aliphatic carboxylic acids is 2. The van der Waals surface area contributed by atoms with Crippen molar-refractivity contribution >= 4 is 40.4 Å². The smallest absolute Gasteiger partial charge is 0.481 e. The normalized spacial score (nSPS) is 40.4. The Labute approximate surface area is 655 Å². The Morgan fingerprint density at radius 2 is 0.972 bits per heavy atom. The zero-order chi connectivity index (χ0) is 78.9. The predicted octanol–water partition coefficient (Wildman–Crippen LogP) is 16.1. The van der Waals surface area contributed by atoms with Gasteiger partial charge >= 0.3 is 19.1 Å². The molecule has 0 amide bonds. The van der Waals surface area contributed by atoms with Crippen molar-refractivity contribution < 1.29 is 48.8 Å². The van der Waals surface area contributed by atoms with Gasteiger partial charge in [-0.1, -0.05) is 209 Å². The molecule has 0 spiro atoms. The molecular formula is C88H134BBrN8O10. The maximum atomic E-state index is 13.6. The van der Waals surface area contributed by atoms with Crippen LogP contribution in [0.15, 0.2) is 101 Å². The standard InChI is InChI=1S/C44H66N4O4.C38H61BrN4O4.C6H7BO2/c1-27(2)29(5)39(6)20-21-41(8)31-16-17-34-40(7)23-51-25-44(34,32(31)18-19-42(41,9)35(39)38(49)50)22-33(36(40)52-24-43(10,45)28(3)4)48-37(46-26-47-48)30-14-12-11-13-15-30;1-22(2)24(5)33(6)15-16-35(8)25-11-12-28-34(7)18-46-20-38(28,26(25)13-14-36(35,9)29(33)31(44)45)17-27(43-32(39)41-21-42-43)30(34)47-19-37(10,40)23(3)4;8-7(9)6-4-2-1-3-5-6/h11-15,18,26-29,31,33-36H,16-17,19-25,45H2,1-10H3,(H,49,50);13,21-25,27-30H,11-12,14-20,40H2,1-10H3,(H,44,45);1-5,8-9H/t29-,31+,33-,34+,35-,36+,39-,40-,41-,42+,43+,44+;24-,25+,27-,28+,29-,30+,33-,34-,35-,36+,37+,38+;/m11./s1. The minimum absolute atomic E-state index is 0.0472. The van der Waals surface area contributed by atoms with Crippen molar-refractivity contribution in [2.75, 3.05) is 39.6 Å². The molecule has 20 heteroatoms. The molecule has 0 unspecified atom stereocenters. The first-order valence-electron chi connectivity index (χ1n) is 41.2. The van der Waals surface area contributed by atoms with Gasteiger partial charge in [-0.05, 0) is 204 Å². The van der Waals surface area contributed by atoms with Crippen LogP contribution < -0.4 is 16.9 Å². The number of carboxylic acids is 2. The first-order chi connectivity index (χ1) is 50.5. The molecule has 8 N–H and O–H groups in total. The molecule has 2 aromatic carbocycles. The van der Waals surface area contributed by atoms with Crippen LogP contribution in [0.2, 0.25) is 0 Å². The van der Waals surface area contributed by atoms with Gasteiger partial charge in [0.05, 0.1) is 75.8 Å². The average Bonchev–Trinajstić information content (AvgIpc) is 0.769. The van der Waals surface area contributed by atoms with E-state index in [1.54, 1.807) is 36.9 Å². The highest BCUT2D eigenvalue weighted by Crippen LogP contribution is 2.78. The van der Waals surface area contributed by atoms with Crippen LogP contribution >= 0.6 is 15.9 Å². The van der Waals surface area contributed by atoms with Gasteiger partial charge in [-0.25, -0.2) is 19.3 Å². The summed E-state index contributed by atoms with van der Waals surface area (Å²) in [5.41, 5.74) is 14.9. The summed E-state index contributed by atoms with van der Waals surface area (Å²) < 4.78 is 32.5. The number of carbonyl (C=O) groups is 2. The number of ether oxygens (including phenoxy) is 4. The lowest BCUT2D eigenvalue weighted by molar-refractivity contribution is -0.253. The van der Waals surface area contributed by atoms with Gasteiger partial charge in [0.2, 0.25) is 0 Å². The second-order valence-electron chi connectivity index (χ2n) is 40.2. The fraction of sp³-hybridized carbons (Fsp3) is 0.750. The summed E-state index contributed by atoms with van der Waals surface area (Å²) in [6.45, 7) is 48.9. The molecule has 2 aromatic heterocycles. The third-order valence-corrected chi connectivity index (χ3v) is 34.4.